The zero-order valence-electron chi connectivity index (χ0n) is 17.6. The van der Waals surface area contributed by atoms with E-state index in [1.165, 1.54) is 12.1 Å². The number of piperazine rings is 1. The predicted octanol–water partition coefficient (Wildman–Crippen LogP) is 3.33. The minimum Gasteiger partial charge on any atom is -0.489 e. The first-order chi connectivity index (χ1) is 15.6. The highest BCUT2D eigenvalue weighted by atomic mass is 19.1. The molecule has 0 radical (unpaired) electrons. The maximum Gasteiger partial charge on any atom is 0.253 e. The molecule has 0 atom stereocenters. The number of carbonyl (C=O) groups is 2. The van der Waals surface area contributed by atoms with Crippen LogP contribution >= 0.6 is 0 Å². The summed E-state index contributed by atoms with van der Waals surface area (Å²) in [5.74, 6) is 0.260. The van der Waals surface area contributed by atoms with Crippen LogP contribution in [0.4, 0.5) is 4.39 Å². The van der Waals surface area contributed by atoms with Crippen molar-refractivity contribution in [3.8, 4) is 5.75 Å². The van der Waals surface area contributed by atoms with E-state index in [4.69, 9.17) is 4.74 Å². The summed E-state index contributed by atoms with van der Waals surface area (Å²) >= 11 is 0. The molecule has 0 saturated carbocycles. The molecule has 1 saturated heterocycles. The number of halogens is 1. The predicted molar refractivity (Wildman–Crippen MR) is 118 cm³/mol. The zero-order valence-corrected chi connectivity index (χ0v) is 17.6. The zero-order chi connectivity index (χ0) is 22.3. The van der Waals surface area contributed by atoms with E-state index in [0.717, 1.165) is 11.3 Å². The van der Waals surface area contributed by atoms with Crippen LogP contribution in [-0.2, 0) is 17.8 Å². The van der Waals surface area contributed by atoms with E-state index in [9.17, 15) is 14.0 Å². The number of benzene rings is 2. The molecule has 164 valence electrons. The monoisotopic (exact) mass is 433 g/mol. The van der Waals surface area contributed by atoms with Crippen molar-refractivity contribution in [3.05, 3.63) is 95.6 Å². The van der Waals surface area contributed by atoms with Crippen LogP contribution in [0.25, 0.3) is 0 Å². The van der Waals surface area contributed by atoms with Gasteiger partial charge < -0.3 is 14.5 Å². The number of aromatic nitrogens is 1. The van der Waals surface area contributed by atoms with Crippen molar-refractivity contribution in [1.82, 2.24) is 14.8 Å². The number of hydrogen-bond donors (Lipinski definition) is 0. The number of pyridine rings is 1. The van der Waals surface area contributed by atoms with Gasteiger partial charge in [0.15, 0.2) is 0 Å². The average molecular weight is 433 g/mol. The molecule has 0 bridgehead atoms. The van der Waals surface area contributed by atoms with Crippen LogP contribution < -0.4 is 4.74 Å². The summed E-state index contributed by atoms with van der Waals surface area (Å²) in [7, 11) is 0. The molecule has 0 aliphatic carbocycles. The van der Waals surface area contributed by atoms with Crippen LogP contribution in [0.1, 0.15) is 21.6 Å². The summed E-state index contributed by atoms with van der Waals surface area (Å²) in [5, 5.41) is 0. The topological polar surface area (TPSA) is 62.7 Å². The molecule has 2 heterocycles. The molecule has 3 aromatic rings. The van der Waals surface area contributed by atoms with Crippen LogP contribution in [0.2, 0.25) is 0 Å². The van der Waals surface area contributed by atoms with Gasteiger partial charge in [-0.05, 0) is 54.1 Å². The summed E-state index contributed by atoms with van der Waals surface area (Å²) in [6.07, 6.45) is 1.95. The fourth-order valence-electron chi connectivity index (χ4n) is 3.60. The molecule has 0 N–H and O–H groups in total. The maximum absolute atomic E-state index is 13.3. The molecule has 1 aliphatic heterocycles. The number of hydrogen-bond acceptors (Lipinski definition) is 4. The van der Waals surface area contributed by atoms with E-state index >= 15 is 0 Å². The van der Waals surface area contributed by atoms with Crippen molar-refractivity contribution in [2.45, 2.75) is 13.0 Å². The summed E-state index contributed by atoms with van der Waals surface area (Å²) in [5.41, 5.74) is 2.05. The van der Waals surface area contributed by atoms with E-state index in [0.29, 0.717) is 37.5 Å². The van der Waals surface area contributed by atoms with Crippen molar-refractivity contribution in [3.63, 3.8) is 0 Å². The largest absolute Gasteiger partial charge is 0.489 e. The molecule has 1 aliphatic rings. The second-order valence-corrected chi connectivity index (χ2v) is 7.61. The molecule has 2 amide bonds. The van der Waals surface area contributed by atoms with Gasteiger partial charge in [0.05, 0.1) is 6.42 Å². The summed E-state index contributed by atoms with van der Waals surface area (Å²) in [6, 6.07) is 18.7. The number of carbonyl (C=O) groups excluding carboxylic acids is 2. The van der Waals surface area contributed by atoms with Gasteiger partial charge in [-0.15, -0.1) is 0 Å². The first-order valence-corrected chi connectivity index (χ1v) is 10.5. The summed E-state index contributed by atoms with van der Waals surface area (Å²) in [4.78, 5) is 33.0. The summed E-state index contributed by atoms with van der Waals surface area (Å²) < 4.78 is 18.9. The minimum absolute atomic E-state index is 0.0237. The molecule has 1 aromatic heterocycles. The molecular weight excluding hydrogens is 409 g/mol. The van der Waals surface area contributed by atoms with Gasteiger partial charge in [0.1, 0.15) is 18.2 Å². The molecule has 32 heavy (non-hydrogen) atoms. The maximum atomic E-state index is 13.3. The Morgan fingerprint density at radius 1 is 0.906 bits per heavy atom. The Balaban J connectivity index is 1.27. The first-order valence-electron chi connectivity index (χ1n) is 10.5. The molecule has 2 aromatic carbocycles. The van der Waals surface area contributed by atoms with Crippen LogP contribution in [-0.4, -0.2) is 52.8 Å². The molecule has 4 rings (SSSR count). The van der Waals surface area contributed by atoms with Gasteiger partial charge in [0, 0.05) is 43.6 Å². The van der Waals surface area contributed by atoms with Crippen LogP contribution in [0, 0.1) is 5.82 Å². The van der Waals surface area contributed by atoms with Gasteiger partial charge in [-0.1, -0.05) is 18.2 Å². The van der Waals surface area contributed by atoms with E-state index in [1.54, 1.807) is 52.4 Å². The number of rotatable bonds is 6. The van der Waals surface area contributed by atoms with Gasteiger partial charge in [-0.2, -0.15) is 0 Å². The third kappa shape index (κ3) is 5.49. The van der Waals surface area contributed by atoms with Gasteiger partial charge in [-0.25, -0.2) is 4.39 Å². The average Bonchev–Trinajstić information content (AvgIpc) is 2.83. The smallest absolute Gasteiger partial charge is 0.253 e. The number of amides is 2. The van der Waals surface area contributed by atoms with Crippen molar-refractivity contribution in [1.29, 1.82) is 0 Å². The van der Waals surface area contributed by atoms with Gasteiger partial charge >= 0.3 is 0 Å². The molecule has 7 heteroatoms. The van der Waals surface area contributed by atoms with Crippen LogP contribution in [0.3, 0.4) is 0 Å². The fraction of sp³-hybridized carbons (Fsp3) is 0.240. The number of nitrogens with zero attached hydrogens (tertiary/aromatic N) is 3. The quantitative estimate of drug-likeness (QED) is 0.598. The van der Waals surface area contributed by atoms with Crippen LogP contribution in [0.5, 0.6) is 5.75 Å². The van der Waals surface area contributed by atoms with Gasteiger partial charge in [0.25, 0.3) is 5.91 Å². The van der Waals surface area contributed by atoms with E-state index in [1.807, 2.05) is 18.2 Å². The van der Waals surface area contributed by atoms with E-state index < -0.39 is 0 Å². The Labute approximate surface area is 186 Å². The van der Waals surface area contributed by atoms with Gasteiger partial charge in [0.2, 0.25) is 5.91 Å². The lowest BCUT2D eigenvalue weighted by Crippen LogP contribution is -2.51. The highest BCUT2D eigenvalue weighted by molar-refractivity contribution is 5.94. The van der Waals surface area contributed by atoms with Crippen LogP contribution in [0.15, 0.2) is 72.9 Å². The molecule has 0 unspecified atom stereocenters. The Kier molecular flexibility index (Phi) is 6.75. The fourth-order valence-corrected chi connectivity index (χ4v) is 3.60. The lowest BCUT2D eigenvalue weighted by Gasteiger charge is -2.34. The molecule has 1 fully saturated rings. The Bertz CT molecular complexity index is 1070. The van der Waals surface area contributed by atoms with E-state index in [-0.39, 0.29) is 30.7 Å². The lowest BCUT2D eigenvalue weighted by molar-refractivity contribution is -0.132. The third-order valence-electron chi connectivity index (χ3n) is 5.37. The van der Waals surface area contributed by atoms with Crippen molar-refractivity contribution < 1.29 is 18.7 Å². The first kappa shape index (κ1) is 21.5. The Morgan fingerprint density at radius 3 is 2.34 bits per heavy atom. The second kappa shape index (κ2) is 10.0. The lowest BCUT2D eigenvalue weighted by atomic mass is 10.1. The summed E-state index contributed by atoms with van der Waals surface area (Å²) in [6.45, 7) is 2.24. The van der Waals surface area contributed by atoms with Crippen molar-refractivity contribution in [2.24, 2.45) is 0 Å². The molecule has 0 spiro atoms. The minimum atomic E-state index is -0.300. The van der Waals surface area contributed by atoms with Crippen molar-refractivity contribution >= 4 is 11.8 Å². The Hall–Kier alpha value is -3.74. The standard InChI is InChI=1S/C25H24FN3O3/c26-21-5-3-4-19(16-21)18-32-23-9-7-20(8-10-23)25(31)29-14-12-28(13-15-29)24(30)17-22-6-1-2-11-27-22/h1-11,16H,12-15,17-18H2. The third-order valence-corrected chi connectivity index (χ3v) is 5.37. The second-order valence-electron chi connectivity index (χ2n) is 7.61. The molecule has 6 nitrogen and oxygen atoms in total. The van der Waals surface area contributed by atoms with Gasteiger partial charge in [-0.3, -0.25) is 14.6 Å². The normalized spacial score (nSPS) is 13.7. The number of ether oxygens (including phenoxy) is 1. The Morgan fingerprint density at radius 2 is 1.66 bits per heavy atom. The molecular formula is C25H24FN3O3. The highest BCUT2D eigenvalue weighted by Gasteiger charge is 2.25. The SMILES string of the molecule is O=C(Cc1ccccn1)N1CCN(C(=O)c2ccc(OCc3cccc(F)c3)cc2)CC1. The highest BCUT2D eigenvalue weighted by Crippen LogP contribution is 2.17. The van der Waals surface area contributed by atoms with Crippen molar-refractivity contribution in [2.75, 3.05) is 26.2 Å². The van der Waals surface area contributed by atoms with E-state index in [2.05, 4.69) is 4.98 Å².